The summed E-state index contributed by atoms with van der Waals surface area (Å²) in [4.78, 5) is 22.8. The first-order valence-electron chi connectivity index (χ1n) is 8.11. The second kappa shape index (κ2) is 8.88. The predicted molar refractivity (Wildman–Crippen MR) is 92.3 cm³/mol. The highest BCUT2D eigenvalue weighted by Crippen LogP contribution is 2.13. The normalized spacial score (nSPS) is 10.3. The predicted octanol–water partition coefficient (Wildman–Crippen LogP) is 3.35. The number of aromatic nitrogens is 2. The number of carbonyl (C=O) groups is 1. The van der Waals surface area contributed by atoms with E-state index in [0.29, 0.717) is 12.1 Å². The van der Waals surface area contributed by atoms with Crippen LogP contribution in [0.4, 0.5) is 5.69 Å². The van der Waals surface area contributed by atoms with Crippen molar-refractivity contribution in [2.24, 2.45) is 0 Å². The zero-order valence-electron chi connectivity index (χ0n) is 13.8. The number of pyridine rings is 2. The number of hydrogen-bond acceptors (Lipinski definition) is 4. The van der Waals surface area contributed by atoms with Crippen molar-refractivity contribution >= 4 is 11.6 Å². The van der Waals surface area contributed by atoms with E-state index in [-0.39, 0.29) is 5.91 Å². The maximum atomic E-state index is 12.6. The van der Waals surface area contributed by atoms with Crippen molar-refractivity contribution in [3.05, 3.63) is 54.1 Å². The summed E-state index contributed by atoms with van der Waals surface area (Å²) in [5.74, 6) is 0.0474. The van der Waals surface area contributed by atoms with Crippen LogP contribution in [0.2, 0.25) is 0 Å². The lowest BCUT2D eigenvalue weighted by Gasteiger charge is -2.21. The molecule has 0 spiro atoms. The van der Waals surface area contributed by atoms with Crippen molar-refractivity contribution < 1.29 is 4.79 Å². The van der Waals surface area contributed by atoms with E-state index >= 15 is 0 Å². The van der Waals surface area contributed by atoms with Crippen LogP contribution >= 0.6 is 0 Å². The van der Waals surface area contributed by atoms with Gasteiger partial charge in [0.1, 0.15) is 0 Å². The quantitative estimate of drug-likeness (QED) is 0.812. The first-order valence-corrected chi connectivity index (χ1v) is 8.11. The monoisotopic (exact) mass is 312 g/mol. The topological polar surface area (TPSA) is 58.1 Å². The summed E-state index contributed by atoms with van der Waals surface area (Å²) in [5, 5.41) is 3.29. The number of hydrogen-bond donors (Lipinski definition) is 1. The fourth-order valence-corrected chi connectivity index (χ4v) is 2.40. The van der Waals surface area contributed by atoms with E-state index in [1.165, 1.54) is 0 Å². The molecule has 0 aliphatic rings. The Labute approximate surface area is 137 Å². The molecule has 0 aliphatic heterocycles. The summed E-state index contributed by atoms with van der Waals surface area (Å²) < 4.78 is 0. The highest BCUT2D eigenvalue weighted by Gasteiger charge is 2.14. The minimum Gasteiger partial charge on any atom is -0.380 e. The maximum Gasteiger partial charge on any atom is 0.255 e. The summed E-state index contributed by atoms with van der Waals surface area (Å²) in [5.41, 5.74) is 2.55. The molecule has 5 nitrogen and oxygen atoms in total. The molecule has 0 fully saturated rings. The molecule has 1 N–H and O–H groups in total. The standard InChI is InChI=1S/C18H24N4O/c1-3-8-22(9-4-2)18(23)16-10-17(14-20-13-16)21-12-15-6-5-7-19-11-15/h5-7,10-11,13-14,21H,3-4,8-9,12H2,1-2H3. The van der Waals surface area contributed by atoms with Crippen LogP contribution in [-0.2, 0) is 6.54 Å². The fraction of sp³-hybridized carbons (Fsp3) is 0.389. The van der Waals surface area contributed by atoms with Gasteiger partial charge in [-0.15, -0.1) is 0 Å². The van der Waals surface area contributed by atoms with Crippen LogP contribution in [0.1, 0.15) is 42.6 Å². The molecule has 2 heterocycles. The van der Waals surface area contributed by atoms with Crippen molar-refractivity contribution in [2.45, 2.75) is 33.2 Å². The Kier molecular flexibility index (Phi) is 6.54. The van der Waals surface area contributed by atoms with E-state index in [1.807, 2.05) is 29.3 Å². The van der Waals surface area contributed by atoms with Gasteiger partial charge in [0, 0.05) is 44.4 Å². The molecule has 0 atom stereocenters. The van der Waals surface area contributed by atoms with E-state index < -0.39 is 0 Å². The number of amides is 1. The molecule has 5 heteroatoms. The molecule has 1 amide bonds. The second-order valence-corrected chi connectivity index (χ2v) is 5.47. The van der Waals surface area contributed by atoms with Crippen molar-refractivity contribution in [2.75, 3.05) is 18.4 Å². The Hall–Kier alpha value is -2.43. The minimum absolute atomic E-state index is 0.0474. The van der Waals surface area contributed by atoms with E-state index in [1.54, 1.807) is 18.6 Å². The maximum absolute atomic E-state index is 12.6. The van der Waals surface area contributed by atoms with E-state index in [2.05, 4.69) is 29.1 Å². The first kappa shape index (κ1) is 16.9. The lowest BCUT2D eigenvalue weighted by molar-refractivity contribution is 0.0755. The average molecular weight is 312 g/mol. The van der Waals surface area contributed by atoms with Gasteiger partial charge in [-0.1, -0.05) is 19.9 Å². The van der Waals surface area contributed by atoms with Gasteiger partial charge in [0.15, 0.2) is 0 Å². The van der Waals surface area contributed by atoms with E-state index in [4.69, 9.17) is 0 Å². The van der Waals surface area contributed by atoms with Gasteiger partial charge >= 0.3 is 0 Å². The zero-order chi connectivity index (χ0) is 16.5. The molecular weight excluding hydrogens is 288 g/mol. The van der Waals surface area contributed by atoms with Gasteiger partial charge in [0.05, 0.1) is 11.3 Å². The largest absolute Gasteiger partial charge is 0.380 e. The van der Waals surface area contributed by atoms with Crippen molar-refractivity contribution in [3.8, 4) is 0 Å². The van der Waals surface area contributed by atoms with Gasteiger partial charge in [-0.25, -0.2) is 0 Å². The van der Waals surface area contributed by atoms with Gasteiger partial charge in [-0.3, -0.25) is 14.8 Å². The van der Waals surface area contributed by atoms with Crippen molar-refractivity contribution in [3.63, 3.8) is 0 Å². The number of carbonyl (C=O) groups excluding carboxylic acids is 1. The van der Waals surface area contributed by atoms with Crippen LogP contribution < -0.4 is 5.32 Å². The van der Waals surface area contributed by atoms with Crippen molar-refractivity contribution in [1.29, 1.82) is 0 Å². The Morgan fingerprint density at radius 2 is 1.91 bits per heavy atom. The lowest BCUT2D eigenvalue weighted by Crippen LogP contribution is -2.32. The molecule has 0 saturated carbocycles. The third-order valence-electron chi connectivity index (χ3n) is 3.48. The van der Waals surface area contributed by atoms with Gasteiger partial charge in [0.25, 0.3) is 5.91 Å². The van der Waals surface area contributed by atoms with Crippen LogP contribution in [-0.4, -0.2) is 33.9 Å². The zero-order valence-corrected chi connectivity index (χ0v) is 13.8. The first-order chi connectivity index (χ1) is 11.2. The lowest BCUT2D eigenvalue weighted by atomic mass is 10.2. The molecule has 0 saturated heterocycles. The summed E-state index contributed by atoms with van der Waals surface area (Å²) in [7, 11) is 0. The van der Waals surface area contributed by atoms with E-state index in [0.717, 1.165) is 37.2 Å². The van der Waals surface area contributed by atoms with Crippen LogP contribution in [0.15, 0.2) is 43.0 Å². The van der Waals surface area contributed by atoms with Crippen LogP contribution in [0.5, 0.6) is 0 Å². The van der Waals surface area contributed by atoms with Gasteiger partial charge in [-0.05, 0) is 30.5 Å². The summed E-state index contributed by atoms with van der Waals surface area (Å²) in [6.07, 6.45) is 8.85. The molecule has 0 radical (unpaired) electrons. The number of nitrogens with one attached hydrogen (secondary N) is 1. The molecule has 23 heavy (non-hydrogen) atoms. The summed E-state index contributed by atoms with van der Waals surface area (Å²) in [6.45, 7) is 6.38. The van der Waals surface area contributed by atoms with Gasteiger partial charge in [0.2, 0.25) is 0 Å². The van der Waals surface area contributed by atoms with Gasteiger partial charge < -0.3 is 10.2 Å². The number of anilines is 1. The van der Waals surface area contributed by atoms with Crippen LogP contribution in [0.25, 0.3) is 0 Å². The number of nitrogens with zero attached hydrogens (tertiary/aromatic N) is 3. The molecule has 2 rings (SSSR count). The Balaban J connectivity index is 2.04. The highest BCUT2D eigenvalue weighted by molar-refractivity contribution is 5.94. The molecule has 0 unspecified atom stereocenters. The molecule has 122 valence electrons. The Morgan fingerprint density at radius 3 is 2.57 bits per heavy atom. The highest BCUT2D eigenvalue weighted by atomic mass is 16.2. The third-order valence-corrected chi connectivity index (χ3v) is 3.48. The minimum atomic E-state index is 0.0474. The molecular formula is C18H24N4O. The molecule has 0 aliphatic carbocycles. The smallest absolute Gasteiger partial charge is 0.255 e. The molecule has 2 aromatic heterocycles. The summed E-state index contributed by atoms with van der Waals surface area (Å²) >= 11 is 0. The fourth-order valence-electron chi connectivity index (χ4n) is 2.40. The second-order valence-electron chi connectivity index (χ2n) is 5.47. The average Bonchev–Trinajstić information content (AvgIpc) is 2.60. The molecule has 2 aromatic rings. The van der Waals surface area contributed by atoms with Crippen LogP contribution in [0, 0.1) is 0 Å². The van der Waals surface area contributed by atoms with Crippen molar-refractivity contribution in [1.82, 2.24) is 14.9 Å². The SMILES string of the molecule is CCCN(CCC)C(=O)c1cncc(NCc2cccnc2)c1. The van der Waals surface area contributed by atoms with Gasteiger partial charge in [-0.2, -0.15) is 0 Å². The summed E-state index contributed by atoms with van der Waals surface area (Å²) in [6, 6.07) is 5.78. The third kappa shape index (κ3) is 5.06. The Bertz CT molecular complexity index is 609. The van der Waals surface area contributed by atoms with Crippen LogP contribution in [0.3, 0.4) is 0 Å². The number of rotatable bonds is 8. The van der Waals surface area contributed by atoms with E-state index in [9.17, 15) is 4.79 Å². The molecule has 0 bridgehead atoms. The Morgan fingerprint density at radius 1 is 1.13 bits per heavy atom. The molecule has 0 aromatic carbocycles.